The highest BCUT2D eigenvalue weighted by Crippen LogP contribution is 2.29. The summed E-state index contributed by atoms with van der Waals surface area (Å²) in [6.45, 7) is 2.09. The average Bonchev–Trinajstić information content (AvgIpc) is 2.60. The van der Waals surface area contributed by atoms with E-state index in [4.69, 9.17) is 0 Å². The van der Waals surface area contributed by atoms with Gasteiger partial charge in [0, 0.05) is 10.6 Å². The first-order valence-corrected chi connectivity index (χ1v) is 9.85. The zero-order chi connectivity index (χ0) is 16.9. The van der Waals surface area contributed by atoms with E-state index in [9.17, 15) is 5.11 Å². The van der Waals surface area contributed by atoms with E-state index in [0.29, 0.717) is 20.2 Å². The molecule has 0 saturated carbocycles. The molecule has 0 heterocycles. The van der Waals surface area contributed by atoms with E-state index in [1.807, 2.05) is 12.1 Å². The smallest absolute Gasteiger partial charge is 0.126 e. The minimum Gasteiger partial charge on any atom is -0.507 e. The average molecular weight is 354 g/mol. The predicted molar refractivity (Wildman–Crippen MR) is 110 cm³/mol. The summed E-state index contributed by atoms with van der Waals surface area (Å²) in [6.07, 6.45) is 10.5. The van der Waals surface area contributed by atoms with E-state index in [-0.39, 0.29) is 5.25 Å². The Bertz CT molecular complexity index is 764. The molecule has 2 aromatic rings. The molecule has 2 aromatic carbocycles. The second-order valence-corrected chi connectivity index (χ2v) is 8.32. The summed E-state index contributed by atoms with van der Waals surface area (Å²) in [6, 6.07) is 14.5. The van der Waals surface area contributed by atoms with E-state index in [1.54, 1.807) is 0 Å². The Kier molecular flexibility index (Phi) is 5.81. The van der Waals surface area contributed by atoms with Crippen LogP contribution in [0.3, 0.4) is 0 Å². The summed E-state index contributed by atoms with van der Waals surface area (Å²) in [5.74, 6) is 0.935. The van der Waals surface area contributed by atoms with Gasteiger partial charge in [-0.3, -0.25) is 0 Å². The lowest BCUT2D eigenvalue weighted by molar-refractivity contribution is 0.467. The van der Waals surface area contributed by atoms with Crippen LogP contribution in [0.15, 0.2) is 66.8 Å². The van der Waals surface area contributed by atoms with Gasteiger partial charge >= 0.3 is 0 Å². The highest BCUT2D eigenvalue weighted by molar-refractivity contribution is 7.80. The molecule has 0 radical (unpaired) electrons. The summed E-state index contributed by atoms with van der Waals surface area (Å²) in [7, 11) is 0.445. The number of phenolic OH excluding ortho intramolecular Hbond substituents is 1. The van der Waals surface area contributed by atoms with E-state index in [0.717, 1.165) is 23.7 Å². The van der Waals surface area contributed by atoms with Crippen molar-refractivity contribution in [3.05, 3.63) is 77.9 Å². The standard InChI is InChI=1S/C21H23OPS/c1-15(24)18-11-5-6-12-19(18)23-20-13-7-10-17(21(20)22)14-16-8-3-2-4-9-16/h2-8,10-13,15-16,22-24H,9,14H2,1H3. The van der Waals surface area contributed by atoms with Crippen LogP contribution < -0.4 is 10.6 Å². The molecule has 0 bridgehead atoms. The van der Waals surface area contributed by atoms with E-state index in [2.05, 4.69) is 74.2 Å². The van der Waals surface area contributed by atoms with Crippen LogP contribution in [0, 0.1) is 5.92 Å². The number of rotatable bonds is 5. The Hall–Kier alpha value is -1.50. The zero-order valence-corrected chi connectivity index (χ0v) is 15.7. The third-order valence-electron chi connectivity index (χ3n) is 4.35. The third kappa shape index (κ3) is 4.12. The molecule has 0 fully saturated rings. The molecule has 0 aromatic heterocycles. The molecule has 1 nitrogen and oxygen atoms in total. The van der Waals surface area contributed by atoms with Crippen molar-refractivity contribution in [3.63, 3.8) is 0 Å². The van der Waals surface area contributed by atoms with Crippen molar-refractivity contribution >= 4 is 31.8 Å². The van der Waals surface area contributed by atoms with Crippen molar-refractivity contribution in [2.75, 3.05) is 0 Å². The Balaban J connectivity index is 1.83. The summed E-state index contributed by atoms with van der Waals surface area (Å²) in [5.41, 5.74) is 2.28. The molecule has 0 saturated heterocycles. The van der Waals surface area contributed by atoms with Crippen LogP contribution in [-0.4, -0.2) is 5.11 Å². The minimum atomic E-state index is 0.193. The normalized spacial score (nSPS) is 18.3. The monoisotopic (exact) mass is 354 g/mol. The van der Waals surface area contributed by atoms with Gasteiger partial charge in [-0.1, -0.05) is 75.3 Å². The molecule has 0 amide bonds. The van der Waals surface area contributed by atoms with Crippen LogP contribution in [0.25, 0.3) is 0 Å². The van der Waals surface area contributed by atoms with Crippen molar-refractivity contribution in [1.29, 1.82) is 0 Å². The van der Waals surface area contributed by atoms with Gasteiger partial charge in [-0.25, -0.2) is 0 Å². The van der Waals surface area contributed by atoms with E-state index >= 15 is 0 Å². The van der Waals surface area contributed by atoms with Gasteiger partial charge in [-0.15, -0.1) is 0 Å². The maximum absolute atomic E-state index is 10.8. The zero-order valence-electron chi connectivity index (χ0n) is 13.8. The molecule has 0 spiro atoms. The number of para-hydroxylation sites is 1. The first kappa shape index (κ1) is 17.3. The Morgan fingerprint density at radius 2 is 1.92 bits per heavy atom. The number of hydrogen-bond acceptors (Lipinski definition) is 2. The summed E-state index contributed by atoms with van der Waals surface area (Å²) in [4.78, 5) is 0. The molecule has 1 aliphatic carbocycles. The quantitative estimate of drug-likeness (QED) is 0.590. The topological polar surface area (TPSA) is 20.2 Å². The van der Waals surface area contributed by atoms with Gasteiger partial charge in [0.1, 0.15) is 5.75 Å². The highest BCUT2D eigenvalue weighted by atomic mass is 32.1. The number of aromatic hydroxyl groups is 1. The molecular formula is C21H23OPS. The summed E-state index contributed by atoms with van der Waals surface area (Å²) in [5, 5.41) is 13.2. The number of benzene rings is 2. The second kappa shape index (κ2) is 8.05. The Labute approximate surface area is 151 Å². The highest BCUT2D eigenvalue weighted by Gasteiger charge is 2.14. The van der Waals surface area contributed by atoms with Crippen molar-refractivity contribution in [2.24, 2.45) is 5.92 Å². The molecule has 24 heavy (non-hydrogen) atoms. The van der Waals surface area contributed by atoms with Gasteiger partial charge in [-0.2, -0.15) is 12.6 Å². The molecule has 3 heteroatoms. The predicted octanol–water partition coefficient (Wildman–Crippen LogP) is 4.69. The van der Waals surface area contributed by atoms with Crippen molar-refractivity contribution in [1.82, 2.24) is 0 Å². The van der Waals surface area contributed by atoms with Crippen LogP contribution >= 0.6 is 21.2 Å². The molecule has 3 rings (SSSR count). The lowest BCUT2D eigenvalue weighted by atomic mass is 9.93. The fourth-order valence-corrected chi connectivity index (χ4v) is 4.76. The van der Waals surface area contributed by atoms with Crippen LogP contribution in [0.2, 0.25) is 0 Å². The summed E-state index contributed by atoms with van der Waals surface area (Å²) < 4.78 is 0. The molecule has 1 N–H and O–H groups in total. The van der Waals surface area contributed by atoms with Crippen molar-refractivity contribution in [2.45, 2.75) is 25.0 Å². The Morgan fingerprint density at radius 3 is 2.67 bits per heavy atom. The molecule has 0 aliphatic heterocycles. The van der Waals surface area contributed by atoms with Crippen LogP contribution in [-0.2, 0) is 6.42 Å². The first-order chi connectivity index (χ1) is 11.6. The lowest BCUT2D eigenvalue weighted by Crippen LogP contribution is -2.11. The van der Waals surface area contributed by atoms with Gasteiger partial charge in [0.25, 0.3) is 0 Å². The van der Waals surface area contributed by atoms with Crippen LogP contribution in [0.4, 0.5) is 0 Å². The lowest BCUT2D eigenvalue weighted by Gasteiger charge is -2.17. The maximum atomic E-state index is 10.8. The molecule has 3 atom stereocenters. The number of hydrogen-bond donors (Lipinski definition) is 2. The van der Waals surface area contributed by atoms with Crippen LogP contribution in [0.1, 0.15) is 29.7 Å². The molecular weight excluding hydrogens is 331 g/mol. The fourth-order valence-electron chi connectivity index (χ4n) is 3.04. The minimum absolute atomic E-state index is 0.193. The summed E-state index contributed by atoms with van der Waals surface area (Å²) >= 11 is 4.59. The van der Waals surface area contributed by atoms with Crippen molar-refractivity contribution < 1.29 is 5.11 Å². The Morgan fingerprint density at radius 1 is 1.12 bits per heavy atom. The van der Waals surface area contributed by atoms with Gasteiger partial charge in [0.2, 0.25) is 0 Å². The molecule has 3 unspecified atom stereocenters. The largest absolute Gasteiger partial charge is 0.507 e. The van der Waals surface area contributed by atoms with Gasteiger partial charge < -0.3 is 5.11 Å². The number of phenols is 1. The van der Waals surface area contributed by atoms with Gasteiger partial charge in [-0.05, 0) is 42.1 Å². The number of allylic oxidation sites excluding steroid dienone is 4. The van der Waals surface area contributed by atoms with Gasteiger partial charge in [0.15, 0.2) is 0 Å². The number of thiol groups is 1. The third-order valence-corrected chi connectivity index (χ3v) is 6.03. The van der Waals surface area contributed by atoms with E-state index < -0.39 is 0 Å². The van der Waals surface area contributed by atoms with Crippen LogP contribution in [0.5, 0.6) is 5.75 Å². The SMILES string of the molecule is CC(S)c1ccccc1Pc1cccc(CC2C=CC=CC2)c1O. The molecule has 124 valence electrons. The molecule has 1 aliphatic rings. The van der Waals surface area contributed by atoms with Crippen molar-refractivity contribution in [3.8, 4) is 5.75 Å². The second-order valence-electron chi connectivity index (χ2n) is 6.21. The first-order valence-electron chi connectivity index (χ1n) is 8.33. The fraction of sp³-hybridized carbons (Fsp3) is 0.238. The van der Waals surface area contributed by atoms with E-state index in [1.165, 1.54) is 10.9 Å². The van der Waals surface area contributed by atoms with Gasteiger partial charge in [0.05, 0.1) is 0 Å². The maximum Gasteiger partial charge on any atom is 0.126 e.